The van der Waals surface area contributed by atoms with Crippen LogP contribution < -0.4 is 4.74 Å². The number of rotatable bonds is 7. The average Bonchev–Trinajstić information content (AvgIpc) is 3.56. The van der Waals surface area contributed by atoms with E-state index in [-0.39, 0.29) is 18.1 Å². The predicted octanol–water partition coefficient (Wildman–Crippen LogP) is 4.12. The number of fused-ring (bicyclic) bond motifs is 1. The summed E-state index contributed by atoms with van der Waals surface area (Å²) < 4.78 is 50.2. The van der Waals surface area contributed by atoms with Crippen LogP contribution in [0.3, 0.4) is 0 Å². The summed E-state index contributed by atoms with van der Waals surface area (Å²) in [5, 5.41) is 14.2. The minimum atomic E-state index is -3.07. The zero-order valence-electron chi connectivity index (χ0n) is 23.0. The summed E-state index contributed by atoms with van der Waals surface area (Å²) in [5.74, 6) is -0.166. The lowest BCUT2D eigenvalue weighted by atomic mass is 9.98. The van der Waals surface area contributed by atoms with Crippen molar-refractivity contribution in [2.75, 3.05) is 13.7 Å². The van der Waals surface area contributed by atoms with Crippen LogP contribution in [0.1, 0.15) is 29.6 Å². The molecule has 9 nitrogen and oxygen atoms in total. The number of hydrogen-bond acceptors (Lipinski definition) is 7. The van der Waals surface area contributed by atoms with Gasteiger partial charge in [-0.3, -0.25) is 4.57 Å². The molecule has 0 amide bonds. The molecule has 0 saturated heterocycles. The Morgan fingerprint density at radius 1 is 1.09 bits per heavy atom. The van der Waals surface area contributed by atoms with Gasteiger partial charge in [-0.2, -0.15) is 10.2 Å². The third kappa shape index (κ3) is 3.88. The van der Waals surface area contributed by atoms with Crippen molar-refractivity contribution in [1.29, 1.82) is 0 Å². The number of para-hydroxylation sites is 1. The van der Waals surface area contributed by atoms with Crippen molar-refractivity contribution in [3.8, 4) is 28.5 Å². The van der Waals surface area contributed by atoms with Gasteiger partial charge in [0.2, 0.25) is 5.82 Å². The maximum atomic E-state index is 12.5. The molecule has 170 valence electrons. The van der Waals surface area contributed by atoms with E-state index in [1.165, 1.54) is 11.7 Å². The Balaban J connectivity index is 1.56. The Labute approximate surface area is 202 Å². The van der Waals surface area contributed by atoms with Crippen LogP contribution >= 0.6 is 0 Å². The fourth-order valence-corrected chi connectivity index (χ4v) is 3.89. The molecule has 0 spiro atoms. The highest BCUT2D eigenvalue weighted by atomic mass is 16.5. The van der Waals surface area contributed by atoms with E-state index in [0.29, 0.717) is 16.9 Å². The first-order chi connectivity index (χ1) is 18.6. The first-order valence-corrected chi connectivity index (χ1v) is 10.3. The van der Waals surface area contributed by atoms with Crippen LogP contribution in [0, 0.1) is 0 Å². The smallest absolute Gasteiger partial charge is 0.340 e. The average molecular weight is 460 g/mol. The van der Waals surface area contributed by atoms with Crippen molar-refractivity contribution in [2.45, 2.75) is 13.4 Å². The van der Waals surface area contributed by atoms with Gasteiger partial charge in [-0.05, 0) is 40.9 Å². The second kappa shape index (κ2) is 9.14. The van der Waals surface area contributed by atoms with Crippen LogP contribution in [0.2, 0.25) is 0 Å². The molecule has 3 aromatic carbocycles. The molecule has 0 saturated carbocycles. The van der Waals surface area contributed by atoms with Gasteiger partial charge < -0.3 is 9.47 Å². The molecule has 0 fully saturated rings. The fourth-order valence-electron chi connectivity index (χ4n) is 3.89. The number of hydrogen-bond donors (Lipinski definition) is 1. The van der Waals surface area contributed by atoms with E-state index in [9.17, 15) is 4.79 Å². The lowest BCUT2D eigenvalue weighted by molar-refractivity contribution is 0.0602. The van der Waals surface area contributed by atoms with Crippen molar-refractivity contribution in [1.82, 2.24) is 30.2 Å². The van der Waals surface area contributed by atoms with E-state index in [1.807, 2.05) is 48.5 Å². The number of aromatic nitrogens is 6. The third-order valence-electron chi connectivity index (χ3n) is 5.40. The van der Waals surface area contributed by atoms with Gasteiger partial charge in [-0.1, -0.05) is 54.6 Å². The normalized spacial score (nSPS) is 14.0. The Bertz CT molecular complexity index is 1630. The molecule has 0 unspecified atom stereocenters. The number of methoxy groups -OCH3 is 1. The number of nitrogens with zero attached hydrogens (tertiary/aromatic N) is 5. The number of ether oxygens (including phenoxy) is 2. The summed E-state index contributed by atoms with van der Waals surface area (Å²) in [6.45, 7) is -6.00. The molecule has 0 atom stereocenters. The topological polar surface area (TPSA) is 108 Å². The molecular formula is C25H22N6O3. The summed E-state index contributed by atoms with van der Waals surface area (Å²) in [4.78, 5) is 16.8. The first kappa shape index (κ1) is 16.1. The van der Waals surface area contributed by atoms with E-state index >= 15 is 0 Å². The molecule has 5 rings (SSSR count). The van der Waals surface area contributed by atoms with Crippen LogP contribution in [-0.4, -0.2) is 49.8 Å². The lowest BCUT2D eigenvalue weighted by Gasteiger charge is -2.12. The van der Waals surface area contributed by atoms with Crippen LogP contribution in [-0.2, 0) is 11.3 Å². The molecule has 2 aromatic heterocycles. The highest BCUT2D eigenvalue weighted by Gasteiger charge is 2.20. The van der Waals surface area contributed by atoms with Crippen LogP contribution in [0.5, 0.6) is 6.01 Å². The monoisotopic (exact) mass is 459 g/mol. The van der Waals surface area contributed by atoms with E-state index in [4.69, 9.17) is 16.3 Å². The molecule has 0 aliphatic carbocycles. The van der Waals surface area contributed by atoms with Gasteiger partial charge in [0.15, 0.2) is 0 Å². The third-order valence-corrected chi connectivity index (χ3v) is 5.40. The Kier molecular flexibility index (Phi) is 4.34. The van der Waals surface area contributed by atoms with Crippen LogP contribution in [0.25, 0.3) is 33.5 Å². The summed E-state index contributed by atoms with van der Waals surface area (Å²) in [6.07, 6.45) is 0. The molecule has 1 N–H and O–H groups in total. The Hall–Kier alpha value is -4.53. The second-order valence-corrected chi connectivity index (χ2v) is 7.33. The van der Waals surface area contributed by atoms with Gasteiger partial charge in [-0.25, -0.2) is 4.79 Å². The van der Waals surface area contributed by atoms with Crippen LogP contribution in [0.4, 0.5) is 0 Å². The summed E-state index contributed by atoms with van der Waals surface area (Å²) in [7, 11) is 1.25. The fraction of sp³-hybridized carbons (Fsp3) is 0.160. The largest absolute Gasteiger partial charge is 0.465 e. The predicted molar refractivity (Wildman–Crippen MR) is 126 cm³/mol. The van der Waals surface area contributed by atoms with Gasteiger partial charge in [0, 0.05) is 9.68 Å². The van der Waals surface area contributed by atoms with E-state index < -0.39 is 19.4 Å². The lowest BCUT2D eigenvalue weighted by Crippen LogP contribution is -2.09. The molecule has 5 aromatic rings. The number of carbonyl (C=O) groups excluding carboxylic acids is 1. The van der Waals surface area contributed by atoms with Crippen molar-refractivity contribution < 1.29 is 21.1 Å². The summed E-state index contributed by atoms with van der Waals surface area (Å²) in [6, 6.07) is 19.6. The Morgan fingerprint density at radius 2 is 1.91 bits per heavy atom. The molecule has 0 aliphatic heterocycles. The first-order valence-electron chi connectivity index (χ1n) is 12.8. The zero-order valence-corrected chi connectivity index (χ0v) is 18.0. The minimum Gasteiger partial charge on any atom is -0.465 e. The van der Waals surface area contributed by atoms with Crippen molar-refractivity contribution in [2.24, 2.45) is 0 Å². The highest BCUT2D eigenvalue weighted by Crippen LogP contribution is 2.31. The summed E-state index contributed by atoms with van der Waals surface area (Å²) in [5.41, 5.74) is 4.16. The Morgan fingerprint density at radius 3 is 2.65 bits per heavy atom. The maximum absolute atomic E-state index is 12.5. The molecule has 34 heavy (non-hydrogen) atoms. The minimum absolute atomic E-state index is 0.101. The molecule has 9 heteroatoms. The highest BCUT2D eigenvalue weighted by molar-refractivity contribution is 6.02. The van der Waals surface area contributed by atoms with Gasteiger partial charge >= 0.3 is 5.97 Å². The summed E-state index contributed by atoms with van der Waals surface area (Å²) >= 11 is 0. The number of esters is 1. The van der Waals surface area contributed by atoms with Crippen molar-refractivity contribution >= 4 is 17.0 Å². The number of nitrogens with one attached hydrogen (secondary N) is 1. The number of benzene rings is 3. The standard InChI is InChI=1S/C25H22N6O3/c1-3-34-25-26-21-10-6-9-20(24(32)33-2)22(21)31(25)15-16-11-13-17(14-12-16)18-7-4-5-8-19(18)23-27-29-30-28-23/h4-14H,3,15H2,1-2H3,(H,27,28,29,30)/i1D3,3D2. The quantitative estimate of drug-likeness (QED) is 0.365. The van der Waals surface area contributed by atoms with E-state index in [2.05, 4.69) is 25.6 Å². The molecule has 0 bridgehead atoms. The second-order valence-electron chi connectivity index (χ2n) is 7.33. The molecule has 2 heterocycles. The van der Waals surface area contributed by atoms with E-state index in [1.54, 1.807) is 18.2 Å². The van der Waals surface area contributed by atoms with Gasteiger partial charge in [0.05, 0.1) is 39.6 Å². The van der Waals surface area contributed by atoms with E-state index in [0.717, 1.165) is 22.3 Å². The SMILES string of the molecule is [2H]C([2H])([2H])C([2H])([2H])Oc1nc2cccc(C(=O)OC)c2n1Cc1ccc(-c2ccccc2-c2nn[nH]n2)cc1. The molecular weight excluding hydrogens is 432 g/mol. The maximum Gasteiger partial charge on any atom is 0.340 e. The van der Waals surface area contributed by atoms with Gasteiger partial charge in [0.1, 0.15) is 0 Å². The number of imidazole rings is 1. The molecule has 0 aliphatic rings. The van der Waals surface area contributed by atoms with Crippen LogP contribution in [0.15, 0.2) is 66.7 Å². The number of H-pyrrole nitrogens is 1. The van der Waals surface area contributed by atoms with Gasteiger partial charge in [-0.15, -0.1) is 10.2 Å². The zero-order chi connectivity index (χ0) is 27.8. The molecule has 0 radical (unpaired) electrons. The number of aromatic amines is 1. The van der Waals surface area contributed by atoms with Crippen molar-refractivity contribution in [3.63, 3.8) is 0 Å². The number of tetrazole rings is 1. The van der Waals surface area contributed by atoms with Crippen molar-refractivity contribution in [3.05, 3.63) is 77.9 Å². The van der Waals surface area contributed by atoms with Gasteiger partial charge in [0.25, 0.3) is 6.01 Å². The number of carbonyl (C=O) groups is 1.